The SMILES string of the molecule is CC[C@H](NC)c1ccccc1.Cl. The van der Waals surface area contributed by atoms with Gasteiger partial charge in [0.1, 0.15) is 0 Å². The number of halogens is 1. The molecule has 0 spiro atoms. The molecule has 0 fully saturated rings. The molecule has 0 aliphatic heterocycles. The summed E-state index contributed by atoms with van der Waals surface area (Å²) >= 11 is 0. The molecule has 0 heterocycles. The van der Waals surface area contributed by atoms with Gasteiger partial charge in [-0.1, -0.05) is 37.3 Å². The van der Waals surface area contributed by atoms with E-state index >= 15 is 0 Å². The van der Waals surface area contributed by atoms with E-state index in [1.807, 2.05) is 13.1 Å². The zero-order valence-electron chi connectivity index (χ0n) is 7.58. The van der Waals surface area contributed by atoms with Gasteiger partial charge in [-0.15, -0.1) is 12.4 Å². The van der Waals surface area contributed by atoms with Crippen LogP contribution in [0.15, 0.2) is 30.3 Å². The zero-order valence-corrected chi connectivity index (χ0v) is 8.40. The van der Waals surface area contributed by atoms with Crippen LogP contribution in [0.3, 0.4) is 0 Å². The maximum Gasteiger partial charge on any atom is 0.0314 e. The van der Waals surface area contributed by atoms with E-state index in [1.54, 1.807) is 0 Å². The maximum atomic E-state index is 3.27. The Hall–Kier alpha value is -0.530. The molecule has 12 heavy (non-hydrogen) atoms. The van der Waals surface area contributed by atoms with Crippen molar-refractivity contribution in [3.05, 3.63) is 35.9 Å². The molecule has 0 aromatic heterocycles. The second-order valence-corrected chi connectivity index (χ2v) is 2.66. The fourth-order valence-corrected chi connectivity index (χ4v) is 1.29. The van der Waals surface area contributed by atoms with Crippen LogP contribution in [-0.2, 0) is 0 Å². The number of rotatable bonds is 3. The van der Waals surface area contributed by atoms with E-state index in [4.69, 9.17) is 0 Å². The molecule has 0 aliphatic carbocycles. The van der Waals surface area contributed by atoms with Crippen LogP contribution in [0.25, 0.3) is 0 Å². The van der Waals surface area contributed by atoms with Gasteiger partial charge in [-0.05, 0) is 19.0 Å². The Bertz CT molecular complexity index is 194. The topological polar surface area (TPSA) is 12.0 Å². The fraction of sp³-hybridized carbons (Fsp3) is 0.400. The summed E-state index contributed by atoms with van der Waals surface area (Å²) in [6.45, 7) is 2.19. The van der Waals surface area contributed by atoms with Crippen molar-refractivity contribution in [3.63, 3.8) is 0 Å². The molecule has 2 heteroatoms. The minimum atomic E-state index is 0. The number of benzene rings is 1. The lowest BCUT2D eigenvalue weighted by Gasteiger charge is -2.13. The van der Waals surface area contributed by atoms with Crippen LogP contribution in [-0.4, -0.2) is 7.05 Å². The van der Waals surface area contributed by atoms with Gasteiger partial charge in [-0.25, -0.2) is 0 Å². The molecule has 1 atom stereocenters. The van der Waals surface area contributed by atoms with Crippen LogP contribution in [0.5, 0.6) is 0 Å². The average Bonchev–Trinajstić information content (AvgIpc) is 2.09. The minimum absolute atomic E-state index is 0. The Morgan fingerprint density at radius 2 is 1.83 bits per heavy atom. The lowest BCUT2D eigenvalue weighted by atomic mass is 10.1. The second kappa shape index (κ2) is 6.04. The maximum absolute atomic E-state index is 3.27. The van der Waals surface area contributed by atoms with Crippen LogP contribution >= 0.6 is 12.4 Å². The van der Waals surface area contributed by atoms with Crippen LogP contribution in [0.1, 0.15) is 24.9 Å². The van der Waals surface area contributed by atoms with Crippen LogP contribution in [0, 0.1) is 0 Å². The first-order chi connectivity index (χ1) is 5.38. The van der Waals surface area contributed by atoms with Crippen molar-refractivity contribution in [2.45, 2.75) is 19.4 Å². The first-order valence-electron chi connectivity index (χ1n) is 4.10. The molecule has 1 rings (SSSR count). The Labute approximate surface area is 80.6 Å². The first-order valence-corrected chi connectivity index (χ1v) is 4.10. The monoisotopic (exact) mass is 185 g/mol. The number of hydrogen-bond acceptors (Lipinski definition) is 1. The van der Waals surface area contributed by atoms with E-state index in [0.29, 0.717) is 6.04 Å². The van der Waals surface area contributed by atoms with Crippen molar-refractivity contribution in [2.75, 3.05) is 7.05 Å². The minimum Gasteiger partial charge on any atom is -0.313 e. The van der Waals surface area contributed by atoms with Crippen LogP contribution < -0.4 is 5.32 Å². The normalized spacial score (nSPS) is 11.8. The largest absolute Gasteiger partial charge is 0.313 e. The van der Waals surface area contributed by atoms with E-state index in [1.165, 1.54) is 5.56 Å². The molecule has 1 N–H and O–H groups in total. The van der Waals surface area contributed by atoms with E-state index in [9.17, 15) is 0 Å². The smallest absolute Gasteiger partial charge is 0.0314 e. The third kappa shape index (κ3) is 2.84. The standard InChI is InChI=1S/C10H15N.ClH/c1-3-10(11-2)9-7-5-4-6-8-9;/h4-8,10-11H,3H2,1-2H3;1H/t10-;/m0./s1. The predicted octanol–water partition coefficient (Wildman–Crippen LogP) is 2.78. The Morgan fingerprint density at radius 3 is 2.25 bits per heavy atom. The van der Waals surface area contributed by atoms with Crippen molar-refractivity contribution >= 4 is 12.4 Å². The summed E-state index contributed by atoms with van der Waals surface area (Å²) in [6.07, 6.45) is 1.14. The molecular weight excluding hydrogens is 170 g/mol. The zero-order chi connectivity index (χ0) is 8.10. The van der Waals surface area contributed by atoms with Crippen molar-refractivity contribution < 1.29 is 0 Å². The highest BCUT2D eigenvalue weighted by Gasteiger charge is 2.03. The van der Waals surface area contributed by atoms with Gasteiger partial charge in [-0.3, -0.25) is 0 Å². The first kappa shape index (κ1) is 11.5. The number of nitrogens with one attached hydrogen (secondary N) is 1. The lowest BCUT2D eigenvalue weighted by molar-refractivity contribution is 0.577. The van der Waals surface area contributed by atoms with Gasteiger partial charge in [0, 0.05) is 6.04 Å². The number of hydrogen-bond donors (Lipinski definition) is 1. The summed E-state index contributed by atoms with van der Waals surface area (Å²) in [5.41, 5.74) is 1.37. The molecule has 1 nitrogen and oxygen atoms in total. The van der Waals surface area contributed by atoms with Gasteiger partial charge >= 0.3 is 0 Å². The van der Waals surface area contributed by atoms with Crippen molar-refractivity contribution in [3.8, 4) is 0 Å². The Morgan fingerprint density at radius 1 is 1.25 bits per heavy atom. The van der Waals surface area contributed by atoms with Gasteiger partial charge in [0.15, 0.2) is 0 Å². The summed E-state index contributed by atoms with van der Waals surface area (Å²) in [5.74, 6) is 0. The van der Waals surface area contributed by atoms with Gasteiger partial charge in [-0.2, -0.15) is 0 Å². The molecule has 68 valence electrons. The third-order valence-corrected chi connectivity index (χ3v) is 1.96. The highest BCUT2D eigenvalue weighted by atomic mass is 35.5. The van der Waals surface area contributed by atoms with Gasteiger partial charge in [0.2, 0.25) is 0 Å². The summed E-state index contributed by atoms with van der Waals surface area (Å²) in [5, 5.41) is 3.27. The van der Waals surface area contributed by atoms with Crippen LogP contribution in [0.2, 0.25) is 0 Å². The van der Waals surface area contributed by atoms with Crippen molar-refractivity contribution in [1.82, 2.24) is 5.32 Å². The highest BCUT2D eigenvalue weighted by molar-refractivity contribution is 5.85. The van der Waals surface area contributed by atoms with Crippen molar-refractivity contribution in [1.29, 1.82) is 0 Å². The molecule has 0 bridgehead atoms. The second-order valence-electron chi connectivity index (χ2n) is 2.66. The molecule has 0 saturated heterocycles. The van der Waals surface area contributed by atoms with Gasteiger partial charge in [0.25, 0.3) is 0 Å². The molecule has 1 aromatic rings. The van der Waals surface area contributed by atoms with E-state index in [2.05, 4.69) is 36.5 Å². The molecule has 0 amide bonds. The third-order valence-electron chi connectivity index (χ3n) is 1.96. The fourth-order valence-electron chi connectivity index (χ4n) is 1.29. The van der Waals surface area contributed by atoms with Crippen molar-refractivity contribution in [2.24, 2.45) is 0 Å². The summed E-state index contributed by atoms with van der Waals surface area (Å²) in [6, 6.07) is 11.0. The lowest BCUT2D eigenvalue weighted by Crippen LogP contribution is -2.14. The summed E-state index contributed by atoms with van der Waals surface area (Å²) in [4.78, 5) is 0. The summed E-state index contributed by atoms with van der Waals surface area (Å²) in [7, 11) is 2.00. The molecular formula is C10H16ClN. The highest BCUT2D eigenvalue weighted by Crippen LogP contribution is 2.14. The molecule has 0 saturated carbocycles. The molecule has 0 aliphatic rings. The Balaban J connectivity index is 0.00000121. The predicted molar refractivity (Wildman–Crippen MR) is 55.8 cm³/mol. The summed E-state index contributed by atoms with van der Waals surface area (Å²) < 4.78 is 0. The molecule has 0 radical (unpaired) electrons. The molecule has 1 aromatic carbocycles. The Kier molecular flexibility index (Phi) is 5.77. The quantitative estimate of drug-likeness (QED) is 0.764. The van der Waals surface area contributed by atoms with E-state index < -0.39 is 0 Å². The van der Waals surface area contributed by atoms with Gasteiger partial charge in [0.05, 0.1) is 0 Å². The average molecular weight is 186 g/mol. The van der Waals surface area contributed by atoms with Gasteiger partial charge < -0.3 is 5.32 Å². The van der Waals surface area contributed by atoms with E-state index in [0.717, 1.165) is 6.42 Å². The molecule has 0 unspecified atom stereocenters. The van der Waals surface area contributed by atoms with Crippen LogP contribution in [0.4, 0.5) is 0 Å². The van der Waals surface area contributed by atoms with E-state index in [-0.39, 0.29) is 12.4 Å².